The molecule has 7 heteroatoms. The van der Waals surface area contributed by atoms with E-state index in [1.165, 1.54) is 6.07 Å². The summed E-state index contributed by atoms with van der Waals surface area (Å²) in [6.45, 7) is 6.74. The number of nitrogens with one attached hydrogen (secondary N) is 2. The molecule has 1 unspecified atom stereocenters. The van der Waals surface area contributed by atoms with Crippen molar-refractivity contribution >= 4 is 5.96 Å². The number of aliphatic imine (C=N–C) groups is 1. The van der Waals surface area contributed by atoms with E-state index in [-0.39, 0.29) is 24.8 Å². The predicted octanol–water partition coefficient (Wildman–Crippen LogP) is 2.89. The van der Waals surface area contributed by atoms with E-state index in [1.54, 1.807) is 12.1 Å². The summed E-state index contributed by atoms with van der Waals surface area (Å²) in [4.78, 5) is 4.47. The molecular weight excluding hydrogens is 373 g/mol. The van der Waals surface area contributed by atoms with Crippen LogP contribution in [-0.4, -0.2) is 35.4 Å². The third-order valence-electron chi connectivity index (χ3n) is 4.12. The molecular formula is C22H30FN3O3. The molecule has 0 spiro atoms. The minimum atomic E-state index is -0.735. The van der Waals surface area contributed by atoms with Crippen molar-refractivity contribution in [3.05, 3.63) is 65.0 Å². The lowest BCUT2D eigenvalue weighted by molar-refractivity contribution is 0.179. The Morgan fingerprint density at radius 2 is 1.97 bits per heavy atom. The van der Waals surface area contributed by atoms with Crippen LogP contribution in [0.1, 0.15) is 43.6 Å². The fourth-order valence-corrected chi connectivity index (χ4v) is 2.74. The van der Waals surface area contributed by atoms with Crippen molar-refractivity contribution in [2.24, 2.45) is 4.99 Å². The maximum atomic E-state index is 13.5. The first-order valence-corrected chi connectivity index (χ1v) is 9.78. The average Bonchev–Trinajstić information content (AvgIpc) is 2.70. The molecule has 0 aromatic heterocycles. The highest BCUT2D eigenvalue weighted by Crippen LogP contribution is 2.20. The number of guanidine groups is 1. The number of halogens is 1. The molecule has 6 nitrogen and oxygen atoms in total. The second kappa shape index (κ2) is 11.4. The zero-order valence-corrected chi connectivity index (χ0v) is 17.2. The molecule has 2 aromatic rings. The minimum absolute atomic E-state index is 0.0609. The normalized spacial score (nSPS) is 12.7. The molecule has 2 rings (SSSR count). The SMILES string of the molecule is CCNC(=NCc1ccc(F)c(CO)c1)NCC(O)c1cccc(OC(C)C)c1. The Morgan fingerprint density at radius 1 is 1.17 bits per heavy atom. The van der Waals surface area contributed by atoms with Gasteiger partial charge in [-0.25, -0.2) is 9.38 Å². The van der Waals surface area contributed by atoms with E-state index in [9.17, 15) is 14.6 Å². The molecule has 4 N–H and O–H groups in total. The van der Waals surface area contributed by atoms with Crippen molar-refractivity contribution in [3.8, 4) is 5.75 Å². The Hall–Kier alpha value is -2.64. The van der Waals surface area contributed by atoms with Crippen LogP contribution in [-0.2, 0) is 13.2 Å². The maximum Gasteiger partial charge on any atom is 0.191 e. The van der Waals surface area contributed by atoms with Crippen LogP contribution in [0.5, 0.6) is 5.75 Å². The second-order valence-electron chi connectivity index (χ2n) is 6.91. The van der Waals surface area contributed by atoms with Crippen molar-refractivity contribution in [2.75, 3.05) is 13.1 Å². The van der Waals surface area contributed by atoms with Crippen molar-refractivity contribution in [1.82, 2.24) is 10.6 Å². The van der Waals surface area contributed by atoms with Gasteiger partial charge in [0.25, 0.3) is 0 Å². The first kappa shape index (κ1) is 22.6. The summed E-state index contributed by atoms with van der Waals surface area (Å²) < 4.78 is 19.2. The second-order valence-corrected chi connectivity index (χ2v) is 6.91. The molecule has 0 fully saturated rings. The molecule has 0 heterocycles. The number of ether oxygens (including phenoxy) is 1. The van der Waals surface area contributed by atoms with Gasteiger partial charge in [0.1, 0.15) is 11.6 Å². The van der Waals surface area contributed by atoms with Crippen molar-refractivity contribution in [1.29, 1.82) is 0 Å². The monoisotopic (exact) mass is 403 g/mol. The van der Waals surface area contributed by atoms with Gasteiger partial charge in [-0.2, -0.15) is 0 Å². The zero-order valence-electron chi connectivity index (χ0n) is 17.2. The smallest absolute Gasteiger partial charge is 0.191 e. The standard InChI is InChI=1S/C22H30FN3O3/c1-4-24-22(25-12-16-8-9-20(23)18(10-16)14-27)26-13-21(28)17-6-5-7-19(11-17)29-15(2)3/h5-11,15,21,27-28H,4,12-14H2,1-3H3,(H2,24,25,26). The van der Waals surface area contributed by atoms with Crippen molar-refractivity contribution in [2.45, 2.75) is 46.1 Å². The summed E-state index contributed by atoms with van der Waals surface area (Å²) >= 11 is 0. The lowest BCUT2D eigenvalue weighted by Gasteiger charge is -2.17. The topological polar surface area (TPSA) is 86.1 Å². The number of aliphatic hydroxyl groups excluding tert-OH is 2. The summed E-state index contributed by atoms with van der Waals surface area (Å²) in [6.07, 6.45) is -0.674. The van der Waals surface area contributed by atoms with Gasteiger partial charge in [-0.3, -0.25) is 0 Å². The van der Waals surface area contributed by atoms with E-state index < -0.39 is 11.9 Å². The molecule has 0 aliphatic heterocycles. The molecule has 0 amide bonds. The summed E-state index contributed by atoms with van der Waals surface area (Å²) in [5.74, 6) is 0.821. The number of nitrogens with zero attached hydrogens (tertiary/aromatic N) is 1. The van der Waals surface area contributed by atoms with Gasteiger partial charge in [0.15, 0.2) is 5.96 Å². The fraction of sp³-hybridized carbons (Fsp3) is 0.409. The van der Waals surface area contributed by atoms with Gasteiger partial charge in [0.2, 0.25) is 0 Å². The van der Waals surface area contributed by atoms with Crippen molar-refractivity contribution in [3.63, 3.8) is 0 Å². The Kier molecular flexibility index (Phi) is 8.89. The molecule has 158 valence electrons. The molecule has 0 bridgehead atoms. The first-order valence-electron chi connectivity index (χ1n) is 9.78. The maximum absolute atomic E-state index is 13.5. The van der Waals surface area contributed by atoms with Crippen LogP contribution >= 0.6 is 0 Å². The van der Waals surface area contributed by atoms with E-state index in [1.807, 2.05) is 45.0 Å². The van der Waals surface area contributed by atoms with Crippen LogP contribution in [0.15, 0.2) is 47.5 Å². The molecule has 0 radical (unpaired) electrons. The Balaban J connectivity index is 2.00. The van der Waals surface area contributed by atoms with Gasteiger partial charge in [0, 0.05) is 18.7 Å². The van der Waals surface area contributed by atoms with Crippen LogP contribution in [0.3, 0.4) is 0 Å². The van der Waals surface area contributed by atoms with E-state index in [4.69, 9.17) is 4.74 Å². The average molecular weight is 403 g/mol. The lowest BCUT2D eigenvalue weighted by Crippen LogP contribution is -2.39. The Labute approximate surface area is 171 Å². The van der Waals surface area contributed by atoms with Gasteiger partial charge in [-0.15, -0.1) is 0 Å². The quantitative estimate of drug-likeness (QED) is 0.382. The highest BCUT2D eigenvalue weighted by Gasteiger charge is 2.10. The number of benzene rings is 2. The van der Waals surface area contributed by atoms with Gasteiger partial charge in [-0.05, 0) is 56.2 Å². The van der Waals surface area contributed by atoms with Crippen molar-refractivity contribution < 1.29 is 19.3 Å². The molecule has 0 saturated heterocycles. The number of aliphatic hydroxyl groups is 2. The molecule has 0 saturated carbocycles. The molecule has 2 aromatic carbocycles. The van der Waals surface area contributed by atoms with Crippen LogP contribution in [0.2, 0.25) is 0 Å². The number of rotatable bonds is 9. The fourth-order valence-electron chi connectivity index (χ4n) is 2.74. The highest BCUT2D eigenvalue weighted by atomic mass is 19.1. The molecule has 1 atom stereocenters. The van der Waals surface area contributed by atoms with Gasteiger partial charge in [0.05, 0.1) is 25.4 Å². The zero-order chi connectivity index (χ0) is 21.2. The largest absolute Gasteiger partial charge is 0.491 e. The van der Waals surface area contributed by atoms with E-state index >= 15 is 0 Å². The van der Waals surface area contributed by atoms with Crippen LogP contribution < -0.4 is 15.4 Å². The third kappa shape index (κ3) is 7.36. The number of hydrogen-bond acceptors (Lipinski definition) is 4. The molecule has 0 aliphatic carbocycles. The summed E-state index contributed by atoms with van der Waals surface area (Å²) in [7, 11) is 0. The number of hydrogen-bond donors (Lipinski definition) is 4. The minimum Gasteiger partial charge on any atom is -0.491 e. The van der Waals surface area contributed by atoms with Gasteiger partial charge >= 0.3 is 0 Å². The lowest BCUT2D eigenvalue weighted by atomic mass is 10.1. The van der Waals surface area contributed by atoms with E-state index in [2.05, 4.69) is 15.6 Å². The van der Waals surface area contributed by atoms with Crippen LogP contribution in [0, 0.1) is 5.82 Å². The van der Waals surface area contributed by atoms with E-state index in [0.717, 1.165) is 11.1 Å². The molecule has 29 heavy (non-hydrogen) atoms. The predicted molar refractivity (Wildman–Crippen MR) is 112 cm³/mol. The molecule has 0 aliphatic rings. The van der Waals surface area contributed by atoms with Gasteiger partial charge in [-0.1, -0.05) is 18.2 Å². The summed E-state index contributed by atoms with van der Waals surface area (Å²) in [6, 6.07) is 11.9. The summed E-state index contributed by atoms with van der Waals surface area (Å²) in [5.41, 5.74) is 1.78. The van der Waals surface area contributed by atoms with Crippen LogP contribution in [0.4, 0.5) is 4.39 Å². The third-order valence-corrected chi connectivity index (χ3v) is 4.12. The van der Waals surface area contributed by atoms with Gasteiger partial charge < -0.3 is 25.6 Å². The first-order chi connectivity index (χ1) is 13.9. The van der Waals surface area contributed by atoms with E-state index in [0.29, 0.717) is 24.8 Å². The Bertz CT molecular complexity index is 812. The summed E-state index contributed by atoms with van der Waals surface area (Å²) in [5, 5.41) is 25.9. The Morgan fingerprint density at radius 3 is 2.66 bits per heavy atom. The van der Waals surface area contributed by atoms with Crippen LogP contribution in [0.25, 0.3) is 0 Å². The highest BCUT2D eigenvalue weighted by molar-refractivity contribution is 5.79.